The van der Waals surface area contributed by atoms with E-state index in [1.54, 1.807) is 0 Å². The van der Waals surface area contributed by atoms with Gasteiger partial charge in [0.2, 0.25) is 0 Å². The highest BCUT2D eigenvalue weighted by atomic mass is 35.5. The number of hydrogen-bond acceptors (Lipinski definition) is 0. The number of unbranched alkanes of at least 4 members (excludes halogenated alkanes) is 2. The molecule has 0 aliphatic carbocycles. The van der Waals surface area contributed by atoms with Crippen molar-refractivity contribution in [3.63, 3.8) is 0 Å². The van der Waals surface area contributed by atoms with Crippen LogP contribution in [0.25, 0.3) is 0 Å². The van der Waals surface area contributed by atoms with Gasteiger partial charge in [-0.15, -0.1) is 6.58 Å². The molecule has 0 N–H and O–H groups in total. The summed E-state index contributed by atoms with van der Waals surface area (Å²) in [7, 11) is 0. The first kappa shape index (κ1) is 10.1. The van der Waals surface area contributed by atoms with Gasteiger partial charge in [-0.25, -0.2) is 0 Å². The molecule has 7 heavy (non-hydrogen) atoms. The second-order valence-electron chi connectivity index (χ2n) is 1.43. The Balaban J connectivity index is 0. The molecule has 1 heteroatoms. The maximum absolute atomic E-state index is 3.60. The van der Waals surface area contributed by atoms with E-state index in [2.05, 4.69) is 13.5 Å². The minimum absolute atomic E-state index is 0. The van der Waals surface area contributed by atoms with Crippen LogP contribution in [-0.2, 0) is 0 Å². The Morgan fingerprint density at radius 3 is 2.29 bits per heavy atom. The quantitative estimate of drug-likeness (QED) is 0.343. The Bertz CT molecular complexity index is 33.2. The number of allylic oxidation sites excluding steroid dienone is 1. The molecule has 0 aliphatic heterocycles. The summed E-state index contributed by atoms with van der Waals surface area (Å²) in [4.78, 5) is 0. The zero-order valence-corrected chi connectivity index (χ0v) is 5.54. The summed E-state index contributed by atoms with van der Waals surface area (Å²) >= 11 is 0. The third kappa shape index (κ3) is 10.7. The van der Waals surface area contributed by atoms with E-state index in [1.807, 2.05) is 6.08 Å². The summed E-state index contributed by atoms with van der Waals surface area (Å²) in [6.45, 7) is 5.78. The van der Waals surface area contributed by atoms with E-state index < -0.39 is 0 Å². The monoisotopic (exact) mass is 119 g/mol. The highest BCUT2D eigenvalue weighted by Gasteiger charge is 1.71. The van der Waals surface area contributed by atoms with E-state index >= 15 is 0 Å². The number of hydrogen-bond donors (Lipinski definition) is 0. The van der Waals surface area contributed by atoms with Crippen molar-refractivity contribution in [3.8, 4) is 0 Å². The minimum Gasteiger partial charge on any atom is -1.00 e. The molecule has 0 bridgehead atoms. The van der Waals surface area contributed by atoms with Crippen molar-refractivity contribution in [3.05, 3.63) is 12.7 Å². The zero-order chi connectivity index (χ0) is 4.83. The van der Waals surface area contributed by atoms with E-state index in [9.17, 15) is 0 Å². The van der Waals surface area contributed by atoms with Gasteiger partial charge in [0.15, 0.2) is 0 Å². The van der Waals surface area contributed by atoms with Crippen molar-refractivity contribution in [2.45, 2.75) is 26.2 Å². The molecule has 0 heterocycles. The largest absolute Gasteiger partial charge is 1.00 e. The predicted molar refractivity (Wildman–Crippen MR) is 29.7 cm³/mol. The van der Waals surface area contributed by atoms with Crippen molar-refractivity contribution >= 4 is 0 Å². The summed E-state index contributed by atoms with van der Waals surface area (Å²) in [5.74, 6) is 0. The molecule has 0 rings (SSSR count). The van der Waals surface area contributed by atoms with Crippen LogP contribution in [-0.4, -0.2) is 0 Å². The van der Waals surface area contributed by atoms with Gasteiger partial charge in [-0.1, -0.05) is 25.8 Å². The molecule has 0 saturated heterocycles. The van der Waals surface area contributed by atoms with Crippen molar-refractivity contribution in [2.75, 3.05) is 0 Å². The van der Waals surface area contributed by atoms with Crippen molar-refractivity contribution in [1.82, 2.24) is 0 Å². The van der Waals surface area contributed by atoms with Gasteiger partial charge in [0, 0.05) is 0 Å². The van der Waals surface area contributed by atoms with Gasteiger partial charge in [-0.05, 0) is 6.42 Å². The number of rotatable bonds is 3. The molecule has 0 aromatic rings. The maximum atomic E-state index is 3.60. The first-order chi connectivity index (χ1) is 2.91. The summed E-state index contributed by atoms with van der Waals surface area (Å²) < 4.78 is 0. The van der Waals surface area contributed by atoms with Gasteiger partial charge in [-0.3, -0.25) is 0 Å². The minimum atomic E-state index is 0. The second kappa shape index (κ2) is 9.39. The van der Waals surface area contributed by atoms with Crippen LogP contribution in [0.3, 0.4) is 0 Å². The van der Waals surface area contributed by atoms with E-state index in [0.717, 1.165) is 0 Å². The molecule has 0 radical (unpaired) electrons. The van der Waals surface area contributed by atoms with E-state index in [0.29, 0.717) is 0 Å². The summed E-state index contributed by atoms with van der Waals surface area (Å²) in [6, 6.07) is 0. The summed E-state index contributed by atoms with van der Waals surface area (Å²) in [5, 5.41) is 0. The van der Waals surface area contributed by atoms with E-state index in [4.69, 9.17) is 0 Å². The Morgan fingerprint density at radius 2 is 2.14 bits per heavy atom. The fourth-order valence-corrected chi connectivity index (χ4v) is 0.348. The third-order valence-electron chi connectivity index (χ3n) is 0.762. The lowest BCUT2D eigenvalue weighted by molar-refractivity contribution is -0.00000139. The van der Waals surface area contributed by atoms with Gasteiger partial charge in [0.05, 0.1) is 0 Å². The molecule has 0 aliphatic rings. The molecule has 0 nitrogen and oxygen atoms in total. The van der Waals surface area contributed by atoms with Crippen LogP contribution in [0.1, 0.15) is 26.2 Å². The smallest absolute Gasteiger partial charge is 0.0354 e. The average molecular weight is 120 g/mol. The van der Waals surface area contributed by atoms with Crippen molar-refractivity contribution in [2.24, 2.45) is 0 Å². The Labute approximate surface area is 52.0 Å². The van der Waals surface area contributed by atoms with Crippen molar-refractivity contribution in [1.29, 1.82) is 0 Å². The first-order valence-electron chi connectivity index (χ1n) is 2.52. The normalized spacial score (nSPS) is 7.00. The number of halogens is 1. The average Bonchev–Trinajstić information content (AvgIpc) is 1.61. The highest BCUT2D eigenvalue weighted by molar-refractivity contribution is 4.64. The molecule has 0 aromatic heterocycles. The van der Waals surface area contributed by atoms with Gasteiger partial charge >= 0.3 is 0 Å². The lowest BCUT2D eigenvalue weighted by atomic mass is 10.3. The van der Waals surface area contributed by atoms with Crippen LogP contribution in [0.2, 0.25) is 0 Å². The van der Waals surface area contributed by atoms with Gasteiger partial charge in [-0.2, -0.15) is 0 Å². The Hall–Kier alpha value is 0.0300. The summed E-state index contributed by atoms with van der Waals surface area (Å²) in [5.41, 5.74) is 0. The lowest BCUT2D eigenvalue weighted by Crippen LogP contribution is -3.00. The van der Waals surface area contributed by atoms with Crippen LogP contribution < -0.4 is 12.4 Å². The van der Waals surface area contributed by atoms with Crippen LogP contribution in [0.5, 0.6) is 0 Å². The van der Waals surface area contributed by atoms with Gasteiger partial charge < -0.3 is 12.4 Å². The van der Waals surface area contributed by atoms with Crippen LogP contribution in [0, 0.1) is 0 Å². The molecular formula is C6H12Cl-. The third-order valence-corrected chi connectivity index (χ3v) is 0.762. The molecular weight excluding hydrogens is 108 g/mol. The zero-order valence-electron chi connectivity index (χ0n) is 4.78. The molecule has 0 unspecified atom stereocenters. The molecule has 0 spiro atoms. The Morgan fingerprint density at radius 1 is 1.57 bits per heavy atom. The molecule has 0 fully saturated rings. The molecule has 0 atom stereocenters. The van der Waals surface area contributed by atoms with Gasteiger partial charge in [0.1, 0.15) is 0 Å². The topological polar surface area (TPSA) is 0 Å². The molecule has 0 amide bonds. The van der Waals surface area contributed by atoms with Crippen LogP contribution in [0.15, 0.2) is 12.7 Å². The summed E-state index contributed by atoms with van der Waals surface area (Å²) in [6.07, 6.45) is 5.72. The second-order valence-corrected chi connectivity index (χ2v) is 1.43. The first-order valence-corrected chi connectivity index (χ1v) is 2.52. The van der Waals surface area contributed by atoms with Crippen LogP contribution in [0.4, 0.5) is 0 Å². The fraction of sp³-hybridized carbons (Fsp3) is 0.667. The van der Waals surface area contributed by atoms with Crippen LogP contribution >= 0.6 is 0 Å². The lowest BCUT2D eigenvalue weighted by Gasteiger charge is -1.81. The molecule has 0 saturated carbocycles. The molecule has 44 valence electrons. The fourth-order valence-electron chi connectivity index (χ4n) is 0.348. The Kier molecular flexibility index (Phi) is 13.6. The SMILES string of the molecule is C=CCCCC.[Cl-]. The molecule has 0 aromatic carbocycles. The highest BCUT2D eigenvalue weighted by Crippen LogP contribution is 1.91. The van der Waals surface area contributed by atoms with E-state index in [-0.39, 0.29) is 12.4 Å². The van der Waals surface area contributed by atoms with Crippen molar-refractivity contribution < 1.29 is 12.4 Å². The predicted octanol–water partition coefficient (Wildman–Crippen LogP) is -0.633. The van der Waals surface area contributed by atoms with Gasteiger partial charge in [0.25, 0.3) is 0 Å². The standard InChI is InChI=1S/C6H12.ClH/c1-3-5-6-4-2;/h3H,1,4-6H2,2H3;1H/p-1. The maximum Gasteiger partial charge on any atom is -0.0354 e. The van der Waals surface area contributed by atoms with E-state index in [1.165, 1.54) is 19.3 Å².